The molecule has 4 rings (SSSR count). The molecule has 3 unspecified atom stereocenters. The first-order valence-corrected chi connectivity index (χ1v) is 11.2. The first kappa shape index (κ1) is 19.4. The summed E-state index contributed by atoms with van der Waals surface area (Å²) in [6.45, 7) is 7.25. The van der Waals surface area contributed by atoms with E-state index in [2.05, 4.69) is 13.8 Å². The number of fused-ring (bicyclic) bond motifs is 5. The monoisotopic (exact) mass is 376 g/mol. The molecular weight excluding hydrogens is 340 g/mol. The SMILES string of the molecule is CCOC(=O)CO[C@H]1CC[C@H]2C3CCC4CC(=O)CC[C@]4(C)C3CC[C@]12C. The van der Waals surface area contributed by atoms with Crippen LogP contribution in [0.25, 0.3) is 0 Å². The third-order valence-electron chi connectivity index (χ3n) is 9.10. The van der Waals surface area contributed by atoms with Gasteiger partial charge < -0.3 is 9.47 Å². The predicted molar refractivity (Wildman–Crippen MR) is 103 cm³/mol. The highest BCUT2D eigenvalue weighted by atomic mass is 16.6. The van der Waals surface area contributed by atoms with Crippen molar-refractivity contribution in [1.29, 1.82) is 0 Å². The Labute approximate surface area is 163 Å². The lowest BCUT2D eigenvalue weighted by atomic mass is 9.45. The van der Waals surface area contributed by atoms with Crippen molar-refractivity contribution < 1.29 is 19.1 Å². The summed E-state index contributed by atoms with van der Waals surface area (Å²) in [5.74, 6) is 3.11. The van der Waals surface area contributed by atoms with Crippen molar-refractivity contribution in [3.05, 3.63) is 0 Å². The van der Waals surface area contributed by atoms with E-state index in [1.807, 2.05) is 6.92 Å². The molecule has 152 valence electrons. The van der Waals surface area contributed by atoms with Crippen LogP contribution in [0.2, 0.25) is 0 Å². The van der Waals surface area contributed by atoms with Gasteiger partial charge in [0.2, 0.25) is 0 Å². The van der Waals surface area contributed by atoms with Gasteiger partial charge in [-0.05, 0) is 86.4 Å². The van der Waals surface area contributed by atoms with E-state index in [0.29, 0.717) is 29.6 Å². The molecule has 0 spiro atoms. The Morgan fingerprint density at radius 2 is 1.81 bits per heavy atom. The first-order valence-electron chi connectivity index (χ1n) is 11.2. The molecule has 0 amide bonds. The van der Waals surface area contributed by atoms with Gasteiger partial charge in [-0.15, -0.1) is 0 Å². The summed E-state index contributed by atoms with van der Waals surface area (Å²) in [7, 11) is 0. The number of carbonyl (C=O) groups is 2. The van der Waals surface area contributed by atoms with Gasteiger partial charge in [-0.3, -0.25) is 4.79 Å². The Bertz CT molecular complexity index is 601. The van der Waals surface area contributed by atoms with Crippen LogP contribution >= 0.6 is 0 Å². The molecule has 4 aliphatic rings. The van der Waals surface area contributed by atoms with E-state index in [1.54, 1.807) is 0 Å². The minimum atomic E-state index is -0.238. The van der Waals surface area contributed by atoms with Crippen molar-refractivity contribution in [1.82, 2.24) is 0 Å². The van der Waals surface area contributed by atoms with Gasteiger partial charge in [0.05, 0.1) is 12.7 Å². The molecular formula is C23H36O4. The molecule has 0 radical (unpaired) electrons. The lowest BCUT2D eigenvalue weighted by Crippen LogP contribution is -2.54. The number of hydrogen-bond donors (Lipinski definition) is 0. The van der Waals surface area contributed by atoms with Crippen LogP contribution in [0.5, 0.6) is 0 Å². The normalized spacial score (nSPS) is 46.3. The fraction of sp³-hybridized carbons (Fsp3) is 0.913. The molecule has 4 saturated carbocycles. The van der Waals surface area contributed by atoms with Crippen molar-refractivity contribution in [2.75, 3.05) is 13.2 Å². The van der Waals surface area contributed by atoms with E-state index < -0.39 is 0 Å². The Balaban J connectivity index is 1.47. The van der Waals surface area contributed by atoms with E-state index in [4.69, 9.17) is 9.47 Å². The lowest BCUT2D eigenvalue weighted by molar-refractivity contribution is -0.160. The van der Waals surface area contributed by atoms with Crippen LogP contribution in [0.3, 0.4) is 0 Å². The van der Waals surface area contributed by atoms with Crippen LogP contribution in [0, 0.1) is 34.5 Å². The first-order chi connectivity index (χ1) is 12.9. The van der Waals surface area contributed by atoms with Crippen LogP contribution in [-0.2, 0) is 19.1 Å². The minimum Gasteiger partial charge on any atom is -0.464 e. The number of rotatable bonds is 4. The summed E-state index contributed by atoms with van der Waals surface area (Å²) in [5.41, 5.74) is 0.559. The second-order valence-corrected chi connectivity index (χ2v) is 10.1. The van der Waals surface area contributed by atoms with Gasteiger partial charge >= 0.3 is 5.97 Å². The van der Waals surface area contributed by atoms with Gasteiger partial charge in [-0.1, -0.05) is 13.8 Å². The molecule has 0 aromatic rings. The molecule has 0 N–H and O–H groups in total. The van der Waals surface area contributed by atoms with Crippen molar-refractivity contribution in [3.63, 3.8) is 0 Å². The average molecular weight is 377 g/mol. The number of Topliss-reactive ketones (excluding diaryl/α,β-unsaturated/α-hetero) is 1. The smallest absolute Gasteiger partial charge is 0.332 e. The van der Waals surface area contributed by atoms with Gasteiger partial charge in [-0.2, -0.15) is 0 Å². The molecule has 0 aromatic heterocycles. The highest BCUT2D eigenvalue weighted by Crippen LogP contribution is 2.66. The zero-order chi connectivity index (χ0) is 19.2. The Hall–Kier alpha value is -0.900. The van der Waals surface area contributed by atoms with Gasteiger partial charge in [0.1, 0.15) is 12.4 Å². The molecule has 4 heteroatoms. The van der Waals surface area contributed by atoms with Crippen molar-refractivity contribution in [2.45, 2.75) is 84.7 Å². The van der Waals surface area contributed by atoms with E-state index >= 15 is 0 Å². The van der Waals surface area contributed by atoms with Crippen LogP contribution in [0.4, 0.5) is 0 Å². The lowest BCUT2D eigenvalue weighted by Gasteiger charge is -2.60. The van der Waals surface area contributed by atoms with Gasteiger partial charge in [0, 0.05) is 12.8 Å². The number of hydrogen-bond acceptors (Lipinski definition) is 4. The second kappa shape index (κ2) is 7.17. The van der Waals surface area contributed by atoms with Crippen LogP contribution < -0.4 is 0 Å². The maximum absolute atomic E-state index is 12.0. The fourth-order valence-electron chi connectivity index (χ4n) is 7.64. The zero-order valence-corrected chi connectivity index (χ0v) is 17.3. The van der Waals surface area contributed by atoms with E-state index in [1.165, 1.54) is 32.1 Å². The molecule has 4 fully saturated rings. The molecule has 0 aromatic carbocycles. The van der Waals surface area contributed by atoms with Gasteiger partial charge in [0.25, 0.3) is 0 Å². The summed E-state index contributed by atoms with van der Waals surface area (Å²) in [4.78, 5) is 23.8. The number of ketones is 1. The molecule has 0 saturated heterocycles. The predicted octanol–water partition coefficient (Wildman–Crippen LogP) is 4.55. The fourth-order valence-corrected chi connectivity index (χ4v) is 7.64. The average Bonchev–Trinajstić information content (AvgIpc) is 2.97. The largest absolute Gasteiger partial charge is 0.464 e. The van der Waals surface area contributed by atoms with E-state index in [-0.39, 0.29) is 24.1 Å². The summed E-state index contributed by atoms with van der Waals surface area (Å²) in [5, 5.41) is 0. The molecule has 0 aliphatic heterocycles. The Kier molecular flexibility index (Phi) is 5.15. The van der Waals surface area contributed by atoms with Crippen LogP contribution in [0.1, 0.15) is 78.6 Å². The molecule has 4 aliphatic carbocycles. The maximum atomic E-state index is 12.0. The zero-order valence-electron chi connectivity index (χ0n) is 17.3. The molecule has 0 bridgehead atoms. The molecule has 7 atom stereocenters. The number of esters is 1. The van der Waals surface area contributed by atoms with Crippen LogP contribution in [-0.4, -0.2) is 31.1 Å². The number of ether oxygens (including phenoxy) is 2. The summed E-state index contributed by atoms with van der Waals surface area (Å²) >= 11 is 0. The Morgan fingerprint density at radius 1 is 1.04 bits per heavy atom. The van der Waals surface area contributed by atoms with Gasteiger partial charge in [-0.25, -0.2) is 4.79 Å². The molecule has 4 nitrogen and oxygen atoms in total. The second-order valence-electron chi connectivity index (χ2n) is 10.1. The summed E-state index contributed by atoms with van der Waals surface area (Å²) in [6, 6.07) is 0. The maximum Gasteiger partial charge on any atom is 0.332 e. The van der Waals surface area contributed by atoms with E-state index in [0.717, 1.165) is 37.5 Å². The van der Waals surface area contributed by atoms with E-state index in [9.17, 15) is 9.59 Å². The third-order valence-corrected chi connectivity index (χ3v) is 9.10. The Morgan fingerprint density at radius 3 is 2.59 bits per heavy atom. The number of carbonyl (C=O) groups excluding carboxylic acids is 2. The van der Waals surface area contributed by atoms with Crippen molar-refractivity contribution in [3.8, 4) is 0 Å². The van der Waals surface area contributed by atoms with Crippen molar-refractivity contribution >= 4 is 11.8 Å². The quantitative estimate of drug-likeness (QED) is 0.676. The summed E-state index contributed by atoms with van der Waals surface area (Å²) in [6.07, 6.45) is 10.2. The minimum absolute atomic E-state index is 0.0941. The van der Waals surface area contributed by atoms with Gasteiger partial charge in [0.15, 0.2) is 0 Å². The molecule has 27 heavy (non-hydrogen) atoms. The van der Waals surface area contributed by atoms with Crippen molar-refractivity contribution in [2.24, 2.45) is 34.5 Å². The third kappa shape index (κ3) is 3.16. The highest BCUT2D eigenvalue weighted by Gasteiger charge is 2.60. The van der Waals surface area contributed by atoms with Crippen LogP contribution in [0.15, 0.2) is 0 Å². The topological polar surface area (TPSA) is 52.6 Å². The molecule has 0 heterocycles. The standard InChI is InChI=1S/C23H36O4/c1-4-26-21(25)14-27-20-8-7-18-17-6-5-15-13-16(24)9-11-22(15,2)19(17)10-12-23(18,20)3/h15,17-20H,4-14H2,1-3H3/t15?,17?,18-,19?,20-,22-,23-/m0/s1. The summed E-state index contributed by atoms with van der Waals surface area (Å²) < 4.78 is 11.1. The highest BCUT2D eigenvalue weighted by molar-refractivity contribution is 5.79.